The van der Waals surface area contributed by atoms with E-state index >= 15 is 0 Å². The van der Waals surface area contributed by atoms with E-state index in [2.05, 4.69) is 5.32 Å². The lowest BCUT2D eigenvalue weighted by Gasteiger charge is -2.20. The number of hydrogen-bond acceptors (Lipinski definition) is 2. The number of anilines is 1. The molecule has 92 valence electrons. The largest absolute Gasteiger partial charge is 0.326 e. The van der Waals surface area contributed by atoms with Gasteiger partial charge in [-0.1, -0.05) is 12.1 Å². The fraction of sp³-hybridized carbons (Fsp3) is 0.385. The molecular formula is C13H16ClNO2. The van der Waals surface area contributed by atoms with Gasteiger partial charge < -0.3 is 5.32 Å². The number of rotatable bonds is 4. The molecule has 1 N–H and O–H groups in total. The van der Waals surface area contributed by atoms with Gasteiger partial charge in [-0.3, -0.25) is 9.59 Å². The van der Waals surface area contributed by atoms with Crippen molar-refractivity contribution in [1.29, 1.82) is 0 Å². The topological polar surface area (TPSA) is 46.2 Å². The van der Waals surface area contributed by atoms with E-state index in [1.54, 1.807) is 38.1 Å². The summed E-state index contributed by atoms with van der Waals surface area (Å²) in [4.78, 5) is 23.1. The zero-order valence-electron chi connectivity index (χ0n) is 10.2. The monoisotopic (exact) mass is 253 g/mol. The maximum absolute atomic E-state index is 11.9. The van der Waals surface area contributed by atoms with Crippen molar-refractivity contribution in [2.24, 2.45) is 5.41 Å². The van der Waals surface area contributed by atoms with Crippen molar-refractivity contribution in [3.8, 4) is 0 Å². The Hall–Kier alpha value is -1.35. The molecule has 0 radical (unpaired) electrons. The maximum atomic E-state index is 11.9. The Bertz CT molecular complexity index is 441. The van der Waals surface area contributed by atoms with Crippen molar-refractivity contribution in [3.63, 3.8) is 0 Å². The van der Waals surface area contributed by atoms with Crippen LogP contribution in [0.4, 0.5) is 5.69 Å². The molecule has 0 heterocycles. The summed E-state index contributed by atoms with van der Waals surface area (Å²) < 4.78 is 0. The zero-order chi connectivity index (χ0) is 13.1. The van der Waals surface area contributed by atoms with E-state index < -0.39 is 5.41 Å². The van der Waals surface area contributed by atoms with Gasteiger partial charge in [0.05, 0.1) is 5.41 Å². The molecule has 0 spiro atoms. The highest BCUT2D eigenvalue weighted by molar-refractivity contribution is 6.20. The van der Waals surface area contributed by atoms with Crippen LogP contribution < -0.4 is 5.32 Å². The molecular weight excluding hydrogens is 238 g/mol. The predicted octanol–water partition coefficient (Wildman–Crippen LogP) is 3.09. The first-order chi connectivity index (χ1) is 7.86. The minimum Gasteiger partial charge on any atom is -0.326 e. The second-order valence-corrected chi connectivity index (χ2v) is 4.88. The molecule has 0 saturated heterocycles. The molecule has 0 saturated carbocycles. The number of carbonyl (C=O) groups excluding carboxylic acids is 2. The first kappa shape index (κ1) is 13.7. The van der Waals surface area contributed by atoms with Crippen LogP contribution in [0, 0.1) is 5.41 Å². The number of nitrogens with one attached hydrogen (secondary N) is 1. The molecule has 0 bridgehead atoms. The summed E-state index contributed by atoms with van der Waals surface area (Å²) in [6, 6.07) is 6.85. The molecule has 3 nitrogen and oxygen atoms in total. The molecule has 1 aromatic rings. The van der Waals surface area contributed by atoms with Crippen LogP contribution in [-0.4, -0.2) is 17.6 Å². The summed E-state index contributed by atoms with van der Waals surface area (Å²) in [7, 11) is 0. The molecule has 1 amide bonds. The molecule has 1 rings (SSSR count). The highest BCUT2D eigenvalue weighted by atomic mass is 35.5. The molecule has 0 aliphatic carbocycles. The summed E-state index contributed by atoms with van der Waals surface area (Å²) in [6.45, 7) is 5.03. The number of benzene rings is 1. The third-order valence-electron chi connectivity index (χ3n) is 2.48. The van der Waals surface area contributed by atoms with Crippen molar-refractivity contribution in [1.82, 2.24) is 0 Å². The van der Waals surface area contributed by atoms with E-state index in [-0.39, 0.29) is 17.6 Å². The Balaban J connectivity index is 2.86. The van der Waals surface area contributed by atoms with Gasteiger partial charge in [-0.15, -0.1) is 11.6 Å². The van der Waals surface area contributed by atoms with Crippen LogP contribution in [0.5, 0.6) is 0 Å². The van der Waals surface area contributed by atoms with Crippen LogP contribution in [0.1, 0.15) is 31.1 Å². The Labute approximate surface area is 106 Å². The smallest absolute Gasteiger partial charge is 0.231 e. The summed E-state index contributed by atoms with van der Waals surface area (Å²) in [5.41, 5.74) is 0.556. The fourth-order valence-corrected chi connectivity index (χ4v) is 1.30. The molecule has 4 heteroatoms. The second-order valence-electron chi connectivity index (χ2n) is 4.61. The number of alkyl halides is 1. The van der Waals surface area contributed by atoms with Gasteiger partial charge in [-0.25, -0.2) is 0 Å². The van der Waals surface area contributed by atoms with Crippen LogP contribution in [0.2, 0.25) is 0 Å². The lowest BCUT2D eigenvalue weighted by Crippen LogP contribution is -2.32. The number of halogens is 1. The number of amides is 1. The summed E-state index contributed by atoms with van der Waals surface area (Å²) >= 11 is 5.72. The molecule has 1 aromatic carbocycles. The van der Waals surface area contributed by atoms with Crippen LogP contribution in [-0.2, 0) is 4.79 Å². The first-order valence-electron chi connectivity index (χ1n) is 5.35. The molecule has 0 aromatic heterocycles. The van der Waals surface area contributed by atoms with E-state index in [1.165, 1.54) is 6.92 Å². The molecule has 0 aliphatic rings. The molecule has 0 aliphatic heterocycles. The van der Waals surface area contributed by atoms with Crippen molar-refractivity contribution >= 4 is 29.0 Å². The minimum atomic E-state index is -0.631. The Morgan fingerprint density at radius 2 is 2.00 bits per heavy atom. The predicted molar refractivity (Wildman–Crippen MR) is 69.6 cm³/mol. The number of carbonyl (C=O) groups is 2. The van der Waals surface area contributed by atoms with Gasteiger partial charge in [0.2, 0.25) is 5.91 Å². The van der Waals surface area contributed by atoms with E-state index in [4.69, 9.17) is 11.6 Å². The standard InChI is InChI=1S/C13H16ClNO2/c1-9(16)10-5-4-6-11(7-10)15-12(17)13(2,3)8-14/h4-7H,8H2,1-3H3,(H,15,17). The van der Waals surface area contributed by atoms with E-state index in [0.29, 0.717) is 11.3 Å². The highest BCUT2D eigenvalue weighted by Gasteiger charge is 2.26. The average Bonchev–Trinajstić information content (AvgIpc) is 2.29. The van der Waals surface area contributed by atoms with Crippen LogP contribution >= 0.6 is 11.6 Å². The van der Waals surface area contributed by atoms with Gasteiger partial charge >= 0.3 is 0 Å². The first-order valence-corrected chi connectivity index (χ1v) is 5.88. The SMILES string of the molecule is CC(=O)c1cccc(NC(=O)C(C)(C)CCl)c1. The fourth-order valence-electron chi connectivity index (χ4n) is 1.18. The van der Waals surface area contributed by atoms with Crippen molar-refractivity contribution < 1.29 is 9.59 Å². The van der Waals surface area contributed by atoms with Gasteiger partial charge in [0.15, 0.2) is 5.78 Å². The quantitative estimate of drug-likeness (QED) is 0.662. The van der Waals surface area contributed by atoms with E-state index in [1.807, 2.05) is 0 Å². The van der Waals surface area contributed by atoms with Crippen LogP contribution in [0.3, 0.4) is 0 Å². The third-order valence-corrected chi connectivity index (χ3v) is 3.14. The van der Waals surface area contributed by atoms with Crippen LogP contribution in [0.25, 0.3) is 0 Å². The second kappa shape index (κ2) is 5.32. The Kier molecular flexibility index (Phi) is 4.29. The number of Topliss-reactive ketones (excluding diaryl/α,β-unsaturated/α-hetero) is 1. The third kappa shape index (κ3) is 3.56. The summed E-state index contributed by atoms with van der Waals surface area (Å²) in [6.07, 6.45) is 0. The maximum Gasteiger partial charge on any atom is 0.231 e. The lowest BCUT2D eigenvalue weighted by molar-refractivity contribution is -0.122. The Morgan fingerprint density at radius 1 is 1.35 bits per heavy atom. The zero-order valence-corrected chi connectivity index (χ0v) is 11.0. The number of hydrogen-bond donors (Lipinski definition) is 1. The highest BCUT2D eigenvalue weighted by Crippen LogP contribution is 2.20. The lowest BCUT2D eigenvalue weighted by atomic mass is 9.95. The van der Waals surface area contributed by atoms with E-state index in [0.717, 1.165) is 0 Å². The summed E-state index contributed by atoms with van der Waals surface area (Å²) in [5, 5.41) is 2.75. The molecule has 0 fully saturated rings. The van der Waals surface area contributed by atoms with E-state index in [9.17, 15) is 9.59 Å². The van der Waals surface area contributed by atoms with Crippen LogP contribution in [0.15, 0.2) is 24.3 Å². The van der Waals surface area contributed by atoms with Gasteiger partial charge in [0.25, 0.3) is 0 Å². The molecule has 17 heavy (non-hydrogen) atoms. The van der Waals surface area contributed by atoms with Gasteiger partial charge in [0, 0.05) is 17.1 Å². The van der Waals surface area contributed by atoms with Crippen molar-refractivity contribution in [2.45, 2.75) is 20.8 Å². The Morgan fingerprint density at radius 3 is 2.53 bits per heavy atom. The normalized spacial score (nSPS) is 11.1. The van der Waals surface area contributed by atoms with Gasteiger partial charge in [0.1, 0.15) is 0 Å². The van der Waals surface area contributed by atoms with Gasteiger partial charge in [-0.2, -0.15) is 0 Å². The molecule has 0 atom stereocenters. The summed E-state index contributed by atoms with van der Waals surface area (Å²) in [5.74, 6) is 0.0523. The number of ketones is 1. The van der Waals surface area contributed by atoms with Gasteiger partial charge in [-0.05, 0) is 32.9 Å². The minimum absolute atomic E-state index is 0.0299. The average molecular weight is 254 g/mol. The van der Waals surface area contributed by atoms with Crippen molar-refractivity contribution in [3.05, 3.63) is 29.8 Å². The molecule has 0 unspecified atom stereocenters. The van der Waals surface area contributed by atoms with Crippen molar-refractivity contribution in [2.75, 3.05) is 11.2 Å².